The van der Waals surface area contributed by atoms with Crippen LogP contribution >= 0.6 is 0 Å². The van der Waals surface area contributed by atoms with Gasteiger partial charge in [-0.3, -0.25) is 9.88 Å². The topological polar surface area (TPSA) is 79.5 Å². The van der Waals surface area contributed by atoms with Crippen LogP contribution in [0.2, 0.25) is 0 Å². The van der Waals surface area contributed by atoms with Crippen molar-refractivity contribution in [2.24, 2.45) is 5.73 Å². The van der Waals surface area contributed by atoms with Crippen LogP contribution in [0.5, 0.6) is 0 Å². The maximum atomic E-state index is 11.3. The number of hydrogen-bond acceptors (Lipinski definition) is 4. The van der Waals surface area contributed by atoms with Crippen molar-refractivity contribution >= 4 is 16.7 Å². The van der Waals surface area contributed by atoms with Gasteiger partial charge in [0.05, 0.1) is 5.56 Å². The van der Waals surface area contributed by atoms with E-state index in [1.165, 1.54) is 5.56 Å². The van der Waals surface area contributed by atoms with E-state index in [0.29, 0.717) is 6.04 Å². The Morgan fingerprint density at radius 3 is 2.74 bits per heavy atom. The van der Waals surface area contributed by atoms with E-state index >= 15 is 0 Å². The number of benzene rings is 2. The van der Waals surface area contributed by atoms with Gasteiger partial charge >= 0.3 is 5.97 Å². The fourth-order valence-corrected chi connectivity index (χ4v) is 3.73. The third kappa shape index (κ3) is 3.84. The Hall–Kier alpha value is -2.76. The maximum Gasteiger partial charge on any atom is 0.335 e. The molecule has 1 aliphatic heterocycles. The van der Waals surface area contributed by atoms with Crippen molar-refractivity contribution in [3.8, 4) is 11.1 Å². The molecule has 0 bridgehead atoms. The van der Waals surface area contributed by atoms with E-state index in [9.17, 15) is 9.90 Å². The minimum Gasteiger partial charge on any atom is -0.478 e. The summed E-state index contributed by atoms with van der Waals surface area (Å²) in [5, 5.41) is 11.4. The third-order valence-corrected chi connectivity index (χ3v) is 5.28. The summed E-state index contributed by atoms with van der Waals surface area (Å²) in [6.07, 6.45) is 5.76. The van der Waals surface area contributed by atoms with Crippen LogP contribution in [0.25, 0.3) is 21.9 Å². The largest absolute Gasteiger partial charge is 0.478 e. The molecule has 1 fully saturated rings. The quantitative estimate of drug-likeness (QED) is 0.743. The van der Waals surface area contributed by atoms with Crippen molar-refractivity contribution in [2.45, 2.75) is 25.4 Å². The van der Waals surface area contributed by atoms with E-state index in [-0.39, 0.29) is 5.56 Å². The van der Waals surface area contributed by atoms with Crippen LogP contribution in [0.4, 0.5) is 0 Å². The van der Waals surface area contributed by atoms with Gasteiger partial charge in [0, 0.05) is 35.9 Å². The Bertz CT molecular complexity index is 978. The molecular weight excluding hydrogens is 338 g/mol. The van der Waals surface area contributed by atoms with Crippen molar-refractivity contribution in [3.63, 3.8) is 0 Å². The number of rotatable bonds is 4. The Labute approximate surface area is 158 Å². The molecule has 0 amide bonds. The van der Waals surface area contributed by atoms with Gasteiger partial charge in [0.15, 0.2) is 0 Å². The van der Waals surface area contributed by atoms with Crippen molar-refractivity contribution in [1.29, 1.82) is 0 Å². The fraction of sp³-hybridized carbons (Fsp3) is 0.273. The predicted octanol–water partition coefficient (Wildman–Crippen LogP) is 3.52. The summed E-state index contributed by atoms with van der Waals surface area (Å²) >= 11 is 0. The monoisotopic (exact) mass is 361 g/mol. The Balaban J connectivity index is 1.69. The van der Waals surface area contributed by atoms with Crippen molar-refractivity contribution < 1.29 is 9.90 Å². The molecule has 2 aromatic carbocycles. The van der Waals surface area contributed by atoms with Gasteiger partial charge in [-0.2, -0.15) is 0 Å². The molecule has 1 saturated heterocycles. The molecule has 0 aliphatic carbocycles. The van der Waals surface area contributed by atoms with Crippen LogP contribution in [0, 0.1) is 0 Å². The van der Waals surface area contributed by atoms with E-state index < -0.39 is 5.97 Å². The third-order valence-electron chi connectivity index (χ3n) is 5.28. The lowest BCUT2D eigenvalue weighted by Gasteiger charge is -2.30. The first kappa shape index (κ1) is 17.6. The number of nitrogens with zero attached hydrogens (tertiary/aromatic N) is 2. The van der Waals surface area contributed by atoms with Crippen LogP contribution in [0.15, 0.2) is 54.9 Å². The molecule has 0 spiro atoms. The van der Waals surface area contributed by atoms with E-state index in [1.807, 2.05) is 18.5 Å². The van der Waals surface area contributed by atoms with Crippen molar-refractivity contribution in [3.05, 3.63) is 66.0 Å². The standard InChI is InChI=1S/C22H23N3O2/c23-19-6-8-25(9-7-19)14-15-4-5-18-12-24-13-21(20(18)10-15)16-2-1-3-17(11-16)22(26)27/h1-5,10-13,19H,6-9,14,23H2,(H,26,27). The van der Waals surface area contributed by atoms with Gasteiger partial charge in [0.1, 0.15) is 0 Å². The second kappa shape index (κ2) is 7.47. The molecule has 27 heavy (non-hydrogen) atoms. The highest BCUT2D eigenvalue weighted by atomic mass is 16.4. The summed E-state index contributed by atoms with van der Waals surface area (Å²) in [4.78, 5) is 18.1. The number of likely N-dealkylation sites (tertiary alicyclic amines) is 1. The number of pyridine rings is 1. The minimum absolute atomic E-state index is 0.283. The summed E-state index contributed by atoms with van der Waals surface area (Å²) in [6, 6.07) is 13.8. The number of nitrogens with two attached hydrogens (primary N) is 1. The number of hydrogen-bond donors (Lipinski definition) is 2. The normalized spacial score (nSPS) is 15.9. The first-order valence-corrected chi connectivity index (χ1v) is 9.28. The molecule has 5 nitrogen and oxygen atoms in total. The first-order valence-electron chi connectivity index (χ1n) is 9.28. The van der Waals surface area contributed by atoms with Gasteiger partial charge < -0.3 is 10.8 Å². The van der Waals surface area contributed by atoms with Gasteiger partial charge in [0.2, 0.25) is 0 Å². The number of piperidine rings is 1. The van der Waals surface area contributed by atoms with Crippen LogP contribution in [-0.2, 0) is 6.54 Å². The highest BCUT2D eigenvalue weighted by Gasteiger charge is 2.16. The smallest absolute Gasteiger partial charge is 0.335 e. The van der Waals surface area contributed by atoms with Gasteiger partial charge in [-0.1, -0.05) is 24.3 Å². The molecule has 1 aliphatic rings. The molecular formula is C22H23N3O2. The Morgan fingerprint density at radius 1 is 1.15 bits per heavy atom. The molecule has 3 N–H and O–H groups in total. The summed E-state index contributed by atoms with van der Waals surface area (Å²) in [5.74, 6) is -0.922. The number of carbonyl (C=O) groups is 1. The van der Waals surface area contributed by atoms with Gasteiger partial charge in [0.25, 0.3) is 0 Å². The van der Waals surface area contributed by atoms with Crippen LogP contribution in [-0.4, -0.2) is 40.1 Å². The number of aromatic carboxylic acids is 1. The zero-order valence-corrected chi connectivity index (χ0v) is 15.1. The van der Waals surface area contributed by atoms with E-state index in [0.717, 1.165) is 54.4 Å². The van der Waals surface area contributed by atoms with Crippen LogP contribution in [0.1, 0.15) is 28.8 Å². The van der Waals surface area contributed by atoms with E-state index in [1.54, 1.807) is 18.2 Å². The number of fused-ring (bicyclic) bond motifs is 1. The minimum atomic E-state index is -0.922. The van der Waals surface area contributed by atoms with E-state index in [2.05, 4.69) is 28.1 Å². The van der Waals surface area contributed by atoms with Gasteiger partial charge in [-0.05, 0) is 60.6 Å². The maximum absolute atomic E-state index is 11.3. The Morgan fingerprint density at radius 2 is 1.96 bits per heavy atom. The molecule has 0 saturated carbocycles. The molecule has 0 atom stereocenters. The van der Waals surface area contributed by atoms with Crippen LogP contribution in [0.3, 0.4) is 0 Å². The average Bonchev–Trinajstić information content (AvgIpc) is 2.69. The zero-order chi connectivity index (χ0) is 18.8. The fourth-order valence-electron chi connectivity index (χ4n) is 3.73. The van der Waals surface area contributed by atoms with E-state index in [4.69, 9.17) is 5.73 Å². The molecule has 0 radical (unpaired) electrons. The summed E-state index contributed by atoms with van der Waals surface area (Å²) in [6.45, 7) is 2.96. The molecule has 4 rings (SSSR count). The molecule has 2 heterocycles. The lowest BCUT2D eigenvalue weighted by molar-refractivity contribution is 0.0697. The first-order chi connectivity index (χ1) is 13.1. The molecule has 5 heteroatoms. The molecule has 138 valence electrons. The number of carboxylic acid groups (broad SMARTS) is 1. The number of carboxylic acids is 1. The summed E-state index contributed by atoms with van der Waals surface area (Å²) in [7, 11) is 0. The van der Waals surface area contributed by atoms with Gasteiger partial charge in [-0.15, -0.1) is 0 Å². The second-order valence-electron chi connectivity index (χ2n) is 7.24. The molecule has 0 unspecified atom stereocenters. The Kier molecular flexibility index (Phi) is 4.88. The SMILES string of the molecule is NC1CCN(Cc2ccc3cncc(-c4cccc(C(=O)O)c4)c3c2)CC1. The average molecular weight is 361 g/mol. The van der Waals surface area contributed by atoms with Gasteiger partial charge in [-0.25, -0.2) is 4.79 Å². The number of aromatic nitrogens is 1. The summed E-state index contributed by atoms with van der Waals surface area (Å²) in [5.41, 5.74) is 9.37. The molecule has 1 aromatic heterocycles. The highest BCUT2D eigenvalue weighted by molar-refractivity contribution is 5.97. The lowest BCUT2D eigenvalue weighted by atomic mass is 9.97. The predicted molar refractivity (Wildman–Crippen MR) is 107 cm³/mol. The zero-order valence-electron chi connectivity index (χ0n) is 15.1. The molecule has 3 aromatic rings. The van der Waals surface area contributed by atoms with Crippen molar-refractivity contribution in [2.75, 3.05) is 13.1 Å². The van der Waals surface area contributed by atoms with Crippen LogP contribution < -0.4 is 5.73 Å². The van der Waals surface area contributed by atoms with Crippen molar-refractivity contribution in [1.82, 2.24) is 9.88 Å². The highest BCUT2D eigenvalue weighted by Crippen LogP contribution is 2.29. The lowest BCUT2D eigenvalue weighted by Crippen LogP contribution is -2.39. The second-order valence-corrected chi connectivity index (χ2v) is 7.24. The summed E-state index contributed by atoms with van der Waals surface area (Å²) < 4.78 is 0.